The molecule has 10 heteroatoms. The van der Waals surface area contributed by atoms with Crippen molar-refractivity contribution in [2.45, 2.75) is 314 Å². The van der Waals surface area contributed by atoms with E-state index in [9.17, 15) is 0 Å². The van der Waals surface area contributed by atoms with Crippen LogP contribution in [0.1, 0.15) is 310 Å². The topological polar surface area (TPSA) is 95.1 Å². The molecule has 6 fully saturated rings. The number of aryl methyl sites for hydroxylation is 7. The highest BCUT2D eigenvalue weighted by atomic mass is 32.2. The van der Waals surface area contributed by atoms with Gasteiger partial charge in [-0.05, 0) is 393 Å². The highest BCUT2D eigenvalue weighted by Gasteiger charge is 2.40. The van der Waals surface area contributed by atoms with Gasteiger partial charge in [0.05, 0.1) is 55.0 Å². The van der Waals surface area contributed by atoms with E-state index in [-0.39, 0.29) is 17.7 Å². The zero-order valence-electron chi connectivity index (χ0n) is 74.3. The summed E-state index contributed by atoms with van der Waals surface area (Å²) in [4.78, 5) is 36.8. The maximum absolute atomic E-state index is 16.7. The third-order valence-electron chi connectivity index (χ3n) is 29.7. The Morgan fingerprint density at radius 1 is 0.319 bits per heavy atom. The highest BCUT2D eigenvalue weighted by Crippen LogP contribution is 2.51. The standard InChI is InChI=1S/C109H140N2O6S2/c1-12-16-76-20-22-80(23-21-76)66-117-109-74(10)63-92(64-75(109)11)111-98-54-53-97(110-91-61-69(5)96(70(6)62-91)68-114-93-47-32-79(19-15-4)33-48-93)102-103(98)107(113)105-101(119-95-51-44-88(45-52-95)90-59-72(8)108(73(9)60-90)116-67-82-30-40-86(41-31-82)84-36-26-78(18-14-3)27-37-84)57-56-100(104(105)106(102)112)118-94-49-42-87(43-50-94)89-46-55-99(71(7)58-89)115-65-81-28-38-85(39-29-81)83-34-24-77(17-13-2)25-35-83/h42-46,49-64,76-86,93,110-111H,12-41,47-48,65-68H2,1-11H3. The molecule has 0 aromatic heterocycles. The first-order valence-electron chi connectivity index (χ1n) is 47.4. The largest absolute Gasteiger partial charge is 0.493 e. The van der Waals surface area contributed by atoms with Gasteiger partial charge in [-0.25, -0.2) is 0 Å². The van der Waals surface area contributed by atoms with Crippen LogP contribution in [0.5, 0.6) is 17.2 Å². The van der Waals surface area contributed by atoms with Crippen molar-refractivity contribution in [3.8, 4) is 39.5 Å². The van der Waals surface area contributed by atoms with Crippen LogP contribution in [0, 0.1) is 114 Å². The summed E-state index contributed by atoms with van der Waals surface area (Å²) in [7, 11) is 0. The van der Waals surface area contributed by atoms with Crippen molar-refractivity contribution in [3.05, 3.63) is 194 Å². The van der Waals surface area contributed by atoms with Gasteiger partial charge in [0.15, 0.2) is 11.6 Å². The summed E-state index contributed by atoms with van der Waals surface area (Å²) >= 11 is 3.09. The molecule has 0 spiro atoms. The average molecular weight is 1640 g/mol. The van der Waals surface area contributed by atoms with Crippen LogP contribution in [-0.2, 0) is 11.3 Å². The summed E-state index contributed by atoms with van der Waals surface area (Å²) in [5.41, 5.74) is 17.8. The molecule has 634 valence electrons. The second-order valence-electron chi connectivity index (χ2n) is 38.4. The van der Waals surface area contributed by atoms with Crippen LogP contribution in [0.4, 0.5) is 22.7 Å². The third kappa shape index (κ3) is 21.3. The second-order valence-corrected chi connectivity index (χ2v) is 40.6. The molecule has 2 N–H and O–H groups in total. The molecule has 8 aromatic rings. The minimum Gasteiger partial charge on any atom is -0.493 e. The molecule has 0 radical (unpaired) electrons. The van der Waals surface area contributed by atoms with E-state index in [2.05, 4.69) is 202 Å². The predicted octanol–water partition coefficient (Wildman–Crippen LogP) is 31.2. The minimum atomic E-state index is -0.200. The quantitative estimate of drug-likeness (QED) is 0.0424. The fraction of sp³-hybridized carbons (Fsp3) is 0.541. The Labute approximate surface area is 724 Å². The van der Waals surface area contributed by atoms with Gasteiger partial charge in [-0.15, -0.1) is 0 Å². The number of hydrogen-bond donors (Lipinski definition) is 2. The normalized spacial score (nSPS) is 24.0. The van der Waals surface area contributed by atoms with Gasteiger partial charge >= 0.3 is 0 Å². The van der Waals surface area contributed by atoms with Crippen LogP contribution < -0.4 is 24.8 Å². The van der Waals surface area contributed by atoms with E-state index < -0.39 is 0 Å². The van der Waals surface area contributed by atoms with Crippen molar-refractivity contribution in [1.29, 1.82) is 0 Å². The van der Waals surface area contributed by atoms with Crippen molar-refractivity contribution in [2.24, 2.45) is 65.1 Å². The number of anilines is 4. The van der Waals surface area contributed by atoms with Gasteiger partial charge in [-0.3, -0.25) is 9.59 Å². The molecular weight excluding hydrogens is 1500 g/mol. The molecule has 0 bridgehead atoms. The van der Waals surface area contributed by atoms with Gasteiger partial charge in [0, 0.05) is 42.1 Å². The molecule has 7 aliphatic rings. The smallest absolute Gasteiger partial charge is 0.197 e. The van der Waals surface area contributed by atoms with Crippen molar-refractivity contribution in [3.63, 3.8) is 0 Å². The summed E-state index contributed by atoms with van der Waals surface area (Å²) in [6.45, 7) is 27.3. The Bertz CT molecular complexity index is 4670. The van der Waals surface area contributed by atoms with Gasteiger partial charge in [0.1, 0.15) is 17.2 Å². The third-order valence-corrected chi connectivity index (χ3v) is 31.9. The first kappa shape index (κ1) is 86.7. The maximum atomic E-state index is 16.7. The number of benzene rings is 8. The Kier molecular flexibility index (Phi) is 29.7. The van der Waals surface area contributed by atoms with Crippen LogP contribution in [0.25, 0.3) is 22.3 Å². The van der Waals surface area contributed by atoms with E-state index in [1.807, 2.05) is 12.1 Å². The SMILES string of the molecule is CCCC1CCC(COc2c(C)cc(Nc3ccc(Nc4cc(C)c(COC5CCC(CCC)CC5)c(C)c4)c4c3C(=O)c3c(Sc5ccc(-c6cc(C)c(OCC7CCC(C8CCC(CCC)CC8)CC7)c(C)c6)cc5)ccc(Sc5ccc(-c6ccc(OCC7CCC(C8CCC(CCC)CC8)CC7)c(C)c6)cc5)c3C4=O)cc2C)CC1. The fourth-order valence-corrected chi connectivity index (χ4v) is 24.8. The Balaban J connectivity index is 0.706. The van der Waals surface area contributed by atoms with Gasteiger partial charge in [0.2, 0.25) is 0 Å². The first-order chi connectivity index (χ1) is 57.9. The molecule has 0 saturated heterocycles. The molecule has 15 rings (SSSR count). The molecule has 0 atom stereocenters. The lowest BCUT2D eigenvalue weighted by atomic mass is 9.69. The lowest BCUT2D eigenvalue weighted by molar-refractivity contribution is 0.00591. The zero-order valence-corrected chi connectivity index (χ0v) is 75.9. The fourth-order valence-electron chi connectivity index (χ4n) is 22.9. The van der Waals surface area contributed by atoms with Crippen molar-refractivity contribution in [1.82, 2.24) is 0 Å². The summed E-state index contributed by atoms with van der Waals surface area (Å²) in [5, 5.41) is 7.55. The number of nitrogens with one attached hydrogen (secondary N) is 2. The maximum Gasteiger partial charge on any atom is 0.197 e. The molecule has 0 amide bonds. The minimum absolute atomic E-state index is 0.199. The van der Waals surface area contributed by atoms with Crippen LogP contribution >= 0.6 is 23.5 Å². The molecule has 119 heavy (non-hydrogen) atoms. The summed E-state index contributed by atoms with van der Waals surface area (Å²) in [6, 6.07) is 45.3. The van der Waals surface area contributed by atoms with E-state index >= 15 is 9.59 Å². The van der Waals surface area contributed by atoms with E-state index in [4.69, 9.17) is 18.9 Å². The summed E-state index contributed by atoms with van der Waals surface area (Å²) in [5.74, 6) is 11.5. The predicted molar refractivity (Wildman–Crippen MR) is 498 cm³/mol. The number of ether oxygens (including phenoxy) is 4. The highest BCUT2D eigenvalue weighted by molar-refractivity contribution is 8.00. The number of rotatable bonds is 32. The van der Waals surface area contributed by atoms with Crippen LogP contribution in [0.3, 0.4) is 0 Å². The number of hydrogen-bond acceptors (Lipinski definition) is 10. The van der Waals surface area contributed by atoms with Gasteiger partial charge < -0.3 is 29.6 Å². The molecule has 7 aliphatic carbocycles. The average Bonchev–Trinajstić information content (AvgIpc) is 0.721. The second kappa shape index (κ2) is 40.8. The summed E-state index contributed by atoms with van der Waals surface area (Å²) < 4.78 is 26.9. The molecule has 0 aliphatic heterocycles. The number of carbonyl (C=O) groups excluding carboxylic acids is 2. The Morgan fingerprint density at radius 3 is 1.04 bits per heavy atom. The van der Waals surface area contributed by atoms with Crippen LogP contribution in [0.2, 0.25) is 0 Å². The van der Waals surface area contributed by atoms with Gasteiger partial charge in [-0.2, -0.15) is 0 Å². The molecule has 8 nitrogen and oxygen atoms in total. The number of ketones is 2. The molecule has 8 aromatic carbocycles. The number of carbonyl (C=O) groups is 2. The van der Waals surface area contributed by atoms with Crippen molar-refractivity contribution in [2.75, 3.05) is 30.5 Å². The van der Waals surface area contributed by atoms with Crippen LogP contribution in [0.15, 0.2) is 147 Å². The first-order valence-corrected chi connectivity index (χ1v) is 49.0. The van der Waals surface area contributed by atoms with Crippen LogP contribution in [-0.4, -0.2) is 37.5 Å². The lowest BCUT2D eigenvalue weighted by Crippen LogP contribution is -2.27. The van der Waals surface area contributed by atoms with Crippen molar-refractivity contribution >= 4 is 57.8 Å². The van der Waals surface area contributed by atoms with E-state index in [0.29, 0.717) is 64.6 Å². The summed E-state index contributed by atoms with van der Waals surface area (Å²) in [6.07, 6.45) is 42.7. The lowest BCUT2D eigenvalue weighted by Gasteiger charge is -2.38. The van der Waals surface area contributed by atoms with Gasteiger partial charge in [-0.1, -0.05) is 171 Å². The molecule has 0 heterocycles. The van der Waals surface area contributed by atoms with E-state index in [1.165, 1.54) is 198 Å². The van der Waals surface area contributed by atoms with Gasteiger partial charge in [0.25, 0.3) is 0 Å². The molecule has 6 saturated carbocycles. The monoisotopic (exact) mass is 1640 g/mol. The van der Waals surface area contributed by atoms with E-state index in [0.717, 1.165) is 183 Å². The number of fused-ring (bicyclic) bond motifs is 2. The zero-order chi connectivity index (χ0) is 82.6. The molecular formula is C109H140N2O6S2. The Morgan fingerprint density at radius 2 is 0.647 bits per heavy atom. The molecule has 0 unspecified atom stereocenters. The van der Waals surface area contributed by atoms with E-state index in [1.54, 1.807) is 23.5 Å². The van der Waals surface area contributed by atoms with Crippen molar-refractivity contribution < 1.29 is 28.5 Å². The Hall–Kier alpha value is -7.24.